The second kappa shape index (κ2) is 15.7. The summed E-state index contributed by atoms with van der Waals surface area (Å²) in [5.74, 6) is 1.91. The Balaban J connectivity index is 0.913. The zero-order chi connectivity index (χ0) is 41.5. The van der Waals surface area contributed by atoms with Crippen LogP contribution in [-0.2, 0) is 5.41 Å². The van der Waals surface area contributed by atoms with Crippen LogP contribution in [0, 0.1) is 11.3 Å². The van der Waals surface area contributed by atoms with Gasteiger partial charge in [0.05, 0.1) is 11.6 Å². The van der Waals surface area contributed by atoms with E-state index in [0.29, 0.717) is 17.5 Å². The topological polar surface area (TPSA) is 62.5 Å². The normalized spacial score (nSPS) is 13.6. The minimum Gasteiger partial charge on any atom is -0.208 e. The Morgan fingerprint density at radius 3 is 1.40 bits per heavy atom. The Hall–Kier alpha value is -7.74. The molecule has 2 aliphatic rings. The Morgan fingerprint density at radius 1 is 0.355 bits per heavy atom. The molecule has 1 fully saturated rings. The van der Waals surface area contributed by atoms with Crippen molar-refractivity contribution in [2.75, 3.05) is 0 Å². The first-order valence-electron chi connectivity index (χ1n) is 21.6. The number of hydrogen-bond donors (Lipinski definition) is 0. The molecule has 62 heavy (non-hydrogen) atoms. The Kier molecular flexibility index (Phi) is 9.44. The van der Waals surface area contributed by atoms with Crippen molar-refractivity contribution in [2.24, 2.45) is 0 Å². The average Bonchev–Trinajstić information content (AvgIpc) is 3.62. The summed E-state index contributed by atoms with van der Waals surface area (Å²) in [4.78, 5) is 15.0. The predicted molar refractivity (Wildman–Crippen MR) is 252 cm³/mol. The molecule has 2 aliphatic carbocycles. The van der Waals surface area contributed by atoms with Crippen molar-refractivity contribution in [3.8, 4) is 95.9 Å². The van der Waals surface area contributed by atoms with Crippen LogP contribution < -0.4 is 0 Å². The fourth-order valence-corrected chi connectivity index (χ4v) is 9.90. The van der Waals surface area contributed by atoms with Crippen LogP contribution in [-0.4, -0.2) is 15.0 Å². The summed E-state index contributed by atoms with van der Waals surface area (Å²) in [6.07, 6.45) is 5.97. The maximum Gasteiger partial charge on any atom is 0.164 e. The highest BCUT2D eigenvalue weighted by Gasteiger charge is 2.44. The molecule has 9 aromatic rings. The van der Waals surface area contributed by atoms with Gasteiger partial charge in [0.1, 0.15) is 0 Å². The zero-order valence-corrected chi connectivity index (χ0v) is 34.3. The summed E-state index contributed by atoms with van der Waals surface area (Å²) in [6, 6.07) is 70.9. The highest BCUT2D eigenvalue weighted by molar-refractivity contribution is 5.94. The van der Waals surface area contributed by atoms with Crippen LogP contribution in [0.5, 0.6) is 0 Å². The van der Waals surface area contributed by atoms with Crippen LogP contribution in [0.1, 0.15) is 48.8 Å². The molecular weight excluding hydrogens is 753 g/mol. The third kappa shape index (κ3) is 6.69. The first kappa shape index (κ1) is 37.3. The molecule has 0 bridgehead atoms. The van der Waals surface area contributed by atoms with Crippen molar-refractivity contribution in [3.05, 3.63) is 211 Å². The van der Waals surface area contributed by atoms with Gasteiger partial charge in [-0.05, 0) is 104 Å². The molecule has 0 atom stereocenters. The van der Waals surface area contributed by atoms with Gasteiger partial charge in [-0.25, -0.2) is 15.0 Å². The molecule has 0 radical (unpaired) electrons. The molecule has 1 spiro atoms. The molecule has 4 nitrogen and oxygen atoms in total. The number of benzene rings is 8. The van der Waals surface area contributed by atoms with Crippen LogP contribution in [0.2, 0.25) is 0 Å². The van der Waals surface area contributed by atoms with Crippen molar-refractivity contribution in [2.45, 2.75) is 37.5 Å². The number of nitrogens with zero attached hydrogens (tertiary/aromatic N) is 4. The molecular formula is C58H42N4. The summed E-state index contributed by atoms with van der Waals surface area (Å²) in [5, 5.41) is 9.86. The summed E-state index contributed by atoms with van der Waals surface area (Å²) in [6.45, 7) is 0. The Labute approximate surface area is 362 Å². The molecule has 0 N–H and O–H groups in total. The van der Waals surface area contributed by atoms with Crippen LogP contribution in [0.4, 0.5) is 0 Å². The fourth-order valence-electron chi connectivity index (χ4n) is 9.90. The van der Waals surface area contributed by atoms with Crippen molar-refractivity contribution in [1.29, 1.82) is 5.26 Å². The number of aromatic nitrogens is 3. The van der Waals surface area contributed by atoms with Gasteiger partial charge < -0.3 is 0 Å². The lowest BCUT2D eigenvalue weighted by Crippen LogP contribution is -2.28. The molecule has 0 unspecified atom stereocenters. The summed E-state index contributed by atoms with van der Waals surface area (Å²) < 4.78 is 0. The molecule has 0 saturated heterocycles. The number of nitriles is 1. The lowest BCUT2D eigenvalue weighted by molar-refractivity contribution is 0.353. The van der Waals surface area contributed by atoms with Gasteiger partial charge in [-0.15, -0.1) is 0 Å². The van der Waals surface area contributed by atoms with Crippen LogP contribution >= 0.6 is 0 Å². The molecule has 294 valence electrons. The number of fused-ring (bicyclic) bond motifs is 5. The monoisotopic (exact) mass is 794 g/mol. The fraction of sp³-hybridized carbons (Fsp3) is 0.103. The van der Waals surface area contributed by atoms with E-state index in [4.69, 9.17) is 15.0 Å². The van der Waals surface area contributed by atoms with E-state index < -0.39 is 0 Å². The van der Waals surface area contributed by atoms with Crippen molar-refractivity contribution in [3.63, 3.8) is 0 Å². The van der Waals surface area contributed by atoms with E-state index in [2.05, 4.69) is 158 Å². The van der Waals surface area contributed by atoms with Gasteiger partial charge >= 0.3 is 0 Å². The first-order chi connectivity index (χ1) is 30.6. The smallest absolute Gasteiger partial charge is 0.164 e. The van der Waals surface area contributed by atoms with E-state index in [-0.39, 0.29) is 5.41 Å². The third-order valence-corrected chi connectivity index (χ3v) is 13.0. The van der Waals surface area contributed by atoms with Crippen molar-refractivity contribution in [1.82, 2.24) is 15.0 Å². The highest BCUT2D eigenvalue weighted by Crippen LogP contribution is 2.58. The highest BCUT2D eigenvalue weighted by atomic mass is 15.0. The van der Waals surface area contributed by atoms with Gasteiger partial charge in [-0.1, -0.05) is 189 Å². The molecule has 1 heterocycles. The van der Waals surface area contributed by atoms with E-state index in [1.54, 1.807) is 0 Å². The SMILES string of the molecule is N#Cc1ccc2c(c1)C1(CCCCC1)c1cccc(-c3cccc(-c4cccc(-c5ccc(-c6nc(-c7ccccc7)nc(-c7ccc(-c8ccccc8)cc7)n6)cc5)c4)c3)c1-2. The van der Waals surface area contributed by atoms with Crippen LogP contribution in [0.3, 0.4) is 0 Å². The molecule has 0 aliphatic heterocycles. The van der Waals surface area contributed by atoms with Gasteiger partial charge in [-0.2, -0.15) is 5.26 Å². The van der Waals surface area contributed by atoms with Crippen LogP contribution in [0.25, 0.3) is 89.8 Å². The Morgan fingerprint density at radius 2 is 0.806 bits per heavy atom. The summed E-state index contributed by atoms with van der Waals surface area (Å²) in [7, 11) is 0. The van der Waals surface area contributed by atoms with E-state index in [1.165, 1.54) is 63.8 Å². The maximum atomic E-state index is 9.86. The minimum absolute atomic E-state index is 0.0155. The molecule has 1 aromatic heterocycles. The lowest BCUT2D eigenvalue weighted by atomic mass is 9.67. The van der Waals surface area contributed by atoms with Crippen molar-refractivity contribution >= 4 is 0 Å². The summed E-state index contributed by atoms with van der Waals surface area (Å²) in [5.41, 5.74) is 18.3. The quantitative estimate of drug-likeness (QED) is 0.161. The largest absolute Gasteiger partial charge is 0.208 e. The second-order valence-electron chi connectivity index (χ2n) is 16.6. The van der Waals surface area contributed by atoms with E-state index in [9.17, 15) is 5.26 Å². The number of hydrogen-bond acceptors (Lipinski definition) is 4. The van der Waals surface area contributed by atoms with Gasteiger partial charge in [0, 0.05) is 22.1 Å². The van der Waals surface area contributed by atoms with E-state index >= 15 is 0 Å². The minimum atomic E-state index is -0.0155. The van der Waals surface area contributed by atoms with E-state index in [1.807, 2.05) is 42.5 Å². The lowest BCUT2D eigenvalue weighted by Gasteiger charge is -2.36. The zero-order valence-electron chi connectivity index (χ0n) is 34.3. The van der Waals surface area contributed by atoms with Gasteiger partial charge in [0.25, 0.3) is 0 Å². The Bertz CT molecular complexity index is 3140. The molecule has 0 amide bonds. The molecule has 4 heteroatoms. The first-order valence-corrected chi connectivity index (χ1v) is 21.6. The molecule has 11 rings (SSSR count). The number of rotatable bonds is 7. The maximum absolute atomic E-state index is 9.86. The second-order valence-corrected chi connectivity index (χ2v) is 16.6. The van der Waals surface area contributed by atoms with Gasteiger partial charge in [-0.3, -0.25) is 0 Å². The third-order valence-electron chi connectivity index (χ3n) is 13.0. The van der Waals surface area contributed by atoms with Gasteiger partial charge in [0.15, 0.2) is 17.5 Å². The molecule has 1 saturated carbocycles. The summed E-state index contributed by atoms with van der Waals surface area (Å²) >= 11 is 0. The standard InChI is InChI=1S/C58H42N4/c59-38-39-23-32-51-53(35-39)58(33-8-3-9-34-58)52-22-12-21-50(54(51)52)49-20-11-19-48(37-49)47-18-10-17-46(36-47)42-26-30-45(31-27-42)57-61-55(43-15-6-2-7-16-43)60-56(62-57)44-28-24-41(25-29-44)40-13-4-1-5-14-40/h1-2,4-7,10-32,35-37H,3,8-9,33-34H2. The van der Waals surface area contributed by atoms with Gasteiger partial charge in [0.2, 0.25) is 0 Å². The predicted octanol–water partition coefficient (Wildman–Crippen LogP) is 14.6. The van der Waals surface area contributed by atoms with Crippen molar-refractivity contribution < 1.29 is 0 Å². The molecule has 8 aromatic carbocycles. The average molecular weight is 795 g/mol. The van der Waals surface area contributed by atoms with E-state index in [0.717, 1.165) is 57.3 Å². The van der Waals surface area contributed by atoms with Crippen LogP contribution in [0.15, 0.2) is 194 Å².